The van der Waals surface area contributed by atoms with Crippen molar-refractivity contribution in [2.45, 2.75) is 136 Å². The van der Waals surface area contributed by atoms with E-state index in [9.17, 15) is 24.9 Å². The van der Waals surface area contributed by atoms with Crippen molar-refractivity contribution < 1.29 is 29.6 Å². The summed E-state index contributed by atoms with van der Waals surface area (Å²) in [6.45, 7) is 9.87. The first-order chi connectivity index (χ1) is 20.0. The molecule has 3 N–H and O–H groups in total. The van der Waals surface area contributed by atoms with E-state index in [0.717, 1.165) is 38.5 Å². The molecule has 0 aliphatic heterocycles. The van der Waals surface area contributed by atoms with Crippen LogP contribution in [0, 0.1) is 34.5 Å². The molecule has 4 rings (SSSR count). The minimum Gasteiger partial charge on any atom is -0.455 e. The van der Waals surface area contributed by atoms with Gasteiger partial charge in [0.15, 0.2) is 17.5 Å². The number of hydrogen-bond acceptors (Lipinski definition) is 6. The summed E-state index contributed by atoms with van der Waals surface area (Å²) >= 11 is 0. The predicted molar refractivity (Wildman–Crippen MR) is 165 cm³/mol. The number of carbonyl (C=O) groups excluding carboxylic acids is 2. The predicted octanol–water partition coefficient (Wildman–Crippen LogP) is 6.62. The van der Waals surface area contributed by atoms with Crippen molar-refractivity contribution in [1.29, 1.82) is 0 Å². The Bertz CT molecular complexity index is 1070. The number of hydrogen-bond donors (Lipinski definition) is 3. The molecule has 0 heterocycles. The number of fused-ring (bicyclic) bond motifs is 3. The molecule has 0 amide bonds. The fraction of sp³-hybridized carbons (Fsp3) is 0.778. The Labute approximate surface area is 253 Å². The largest absolute Gasteiger partial charge is 0.455 e. The van der Waals surface area contributed by atoms with E-state index < -0.39 is 41.7 Å². The molecule has 2 saturated carbocycles. The number of esters is 1. The number of allylic oxidation sites excluding steroid dienone is 3. The number of Topliss-reactive ketones (excluding diaryl/α,β-unsaturated/α-hetero) is 1. The van der Waals surface area contributed by atoms with Gasteiger partial charge in [-0.1, -0.05) is 90.5 Å². The Kier molecular flexibility index (Phi) is 10.6. The van der Waals surface area contributed by atoms with Crippen molar-refractivity contribution >= 4 is 11.8 Å². The molecule has 236 valence electrons. The molecule has 0 radical (unpaired) electrons. The van der Waals surface area contributed by atoms with E-state index >= 15 is 0 Å². The minimum absolute atomic E-state index is 0.0194. The summed E-state index contributed by atoms with van der Waals surface area (Å²) in [6, 6.07) is 0. The zero-order chi connectivity index (χ0) is 30.7. The third-order valence-electron chi connectivity index (χ3n) is 11.3. The van der Waals surface area contributed by atoms with Crippen LogP contribution < -0.4 is 0 Å². The smallest absolute Gasteiger partial charge is 0.306 e. The average Bonchev–Trinajstić information content (AvgIpc) is 3.44. The molecule has 2 fully saturated rings. The van der Waals surface area contributed by atoms with Gasteiger partial charge in [-0.05, 0) is 79.8 Å². The van der Waals surface area contributed by atoms with Gasteiger partial charge in [0.1, 0.15) is 6.10 Å². The third-order valence-corrected chi connectivity index (χ3v) is 11.3. The maximum atomic E-state index is 14.4. The standard InChI is InChI=1S/C36H56O6/c1-6-7-8-9-10-11-12-13-14-15-16-17-18-19-29(38)42-33-24(2)22-35-25(3)20-28-30(34(28,4)5)27(32(35)40)21-26(23-37)31(39)36(33,35)41/h11-12,21-22,25,27-28,30-31,33,37,39,41H,6-10,13-20,23H2,1-5H3/b12-11+/t25-,27?,28-,30+,31-,33+,35+,36+/m1/s1. The molecule has 6 heteroatoms. The van der Waals surface area contributed by atoms with E-state index in [2.05, 4.69) is 32.9 Å². The molecule has 8 atom stereocenters. The first-order valence-electron chi connectivity index (χ1n) is 16.8. The summed E-state index contributed by atoms with van der Waals surface area (Å²) in [5.74, 6) is -0.888. The Morgan fingerprint density at radius 2 is 1.67 bits per heavy atom. The van der Waals surface area contributed by atoms with Crippen LogP contribution in [0.2, 0.25) is 0 Å². The summed E-state index contributed by atoms with van der Waals surface area (Å²) in [6.07, 6.45) is 18.9. The van der Waals surface area contributed by atoms with Gasteiger partial charge in [-0.3, -0.25) is 9.59 Å². The summed E-state index contributed by atoms with van der Waals surface area (Å²) in [5.41, 5.74) is -2.63. The third kappa shape index (κ3) is 5.85. The van der Waals surface area contributed by atoms with Crippen molar-refractivity contribution in [1.82, 2.24) is 0 Å². The lowest BCUT2D eigenvalue weighted by Gasteiger charge is -2.48. The van der Waals surface area contributed by atoms with Gasteiger partial charge < -0.3 is 20.1 Å². The molecule has 0 aromatic rings. The van der Waals surface area contributed by atoms with Crippen LogP contribution in [0.15, 0.2) is 35.5 Å². The molecule has 4 aliphatic rings. The molecule has 0 aromatic heterocycles. The van der Waals surface area contributed by atoms with Gasteiger partial charge in [-0.25, -0.2) is 0 Å². The Balaban J connectivity index is 1.34. The van der Waals surface area contributed by atoms with E-state index in [-0.39, 0.29) is 35.0 Å². The fourth-order valence-corrected chi connectivity index (χ4v) is 8.77. The van der Waals surface area contributed by atoms with Crippen molar-refractivity contribution in [3.05, 3.63) is 35.5 Å². The number of ketones is 1. The SMILES string of the molecule is CCCCCC/C=C/CCCCCCCC(=O)O[C@H]1C(C)=C[C@]23C(=O)C(C=C(CO)[C@@H](O)[C@]12O)[C@H]1[C@@H](C[C@H]3C)C1(C)C. The summed E-state index contributed by atoms with van der Waals surface area (Å²) < 4.78 is 5.94. The first kappa shape index (κ1) is 33.1. The van der Waals surface area contributed by atoms with Crippen molar-refractivity contribution in [3.8, 4) is 0 Å². The van der Waals surface area contributed by atoms with Crippen LogP contribution in [0.3, 0.4) is 0 Å². The molecule has 0 aromatic carbocycles. The van der Waals surface area contributed by atoms with Gasteiger partial charge >= 0.3 is 5.97 Å². The molecule has 1 spiro atoms. The maximum absolute atomic E-state index is 14.4. The molecular formula is C36H56O6. The van der Waals surface area contributed by atoms with Crippen LogP contribution in [-0.4, -0.2) is 51.5 Å². The molecule has 4 aliphatic carbocycles. The second kappa shape index (κ2) is 13.5. The lowest BCUT2D eigenvalue weighted by molar-refractivity contribution is -0.203. The molecular weight excluding hydrogens is 528 g/mol. The number of aliphatic hydroxyl groups excluding tert-OH is 2. The number of rotatable bonds is 15. The highest BCUT2D eigenvalue weighted by atomic mass is 16.6. The second-order valence-electron chi connectivity index (χ2n) is 14.4. The number of aliphatic hydroxyl groups is 3. The molecule has 2 bridgehead atoms. The number of ether oxygens (including phenoxy) is 1. The molecule has 42 heavy (non-hydrogen) atoms. The van der Waals surface area contributed by atoms with E-state index in [1.165, 1.54) is 32.1 Å². The summed E-state index contributed by atoms with van der Waals surface area (Å²) in [5, 5.41) is 34.3. The zero-order valence-electron chi connectivity index (χ0n) is 26.7. The minimum atomic E-state index is -2.06. The van der Waals surface area contributed by atoms with Gasteiger partial charge in [-0.2, -0.15) is 0 Å². The van der Waals surface area contributed by atoms with Gasteiger partial charge in [-0.15, -0.1) is 0 Å². The lowest BCUT2D eigenvalue weighted by atomic mass is 9.59. The normalized spacial score (nSPS) is 36.5. The second-order valence-corrected chi connectivity index (χ2v) is 14.4. The molecule has 1 unspecified atom stereocenters. The summed E-state index contributed by atoms with van der Waals surface area (Å²) in [4.78, 5) is 27.4. The highest BCUT2D eigenvalue weighted by Gasteiger charge is 2.76. The quantitative estimate of drug-likeness (QED) is 0.113. The highest BCUT2D eigenvalue weighted by Crippen LogP contribution is 2.71. The van der Waals surface area contributed by atoms with Crippen LogP contribution in [0.1, 0.15) is 118 Å². The van der Waals surface area contributed by atoms with E-state index in [1.807, 2.05) is 6.92 Å². The lowest BCUT2D eigenvalue weighted by Crippen LogP contribution is -2.65. The topological polar surface area (TPSA) is 104 Å². The Hall–Kier alpha value is -1.76. The van der Waals surface area contributed by atoms with Gasteiger partial charge in [0.25, 0.3) is 0 Å². The van der Waals surface area contributed by atoms with Crippen LogP contribution in [-0.2, 0) is 14.3 Å². The Morgan fingerprint density at radius 1 is 1.05 bits per heavy atom. The monoisotopic (exact) mass is 584 g/mol. The van der Waals surface area contributed by atoms with Gasteiger partial charge in [0.05, 0.1) is 12.0 Å². The van der Waals surface area contributed by atoms with Crippen LogP contribution in [0.5, 0.6) is 0 Å². The van der Waals surface area contributed by atoms with Gasteiger partial charge in [0.2, 0.25) is 0 Å². The van der Waals surface area contributed by atoms with Crippen LogP contribution in [0.25, 0.3) is 0 Å². The van der Waals surface area contributed by atoms with E-state index in [4.69, 9.17) is 4.74 Å². The van der Waals surface area contributed by atoms with Crippen molar-refractivity contribution in [3.63, 3.8) is 0 Å². The van der Waals surface area contributed by atoms with E-state index in [0.29, 0.717) is 17.9 Å². The number of unbranched alkanes of at least 4 members (excludes halogenated alkanes) is 9. The maximum Gasteiger partial charge on any atom is 0.306 e. The highest BCUT2D eigenvalue weighted by molar-refractivity contribution is 5.95. The first-order valence-corrected chi connectivity index (χ1v) is 16.8. The average molecular weight is 585 g/mol. The van der Waals surface area contributed by atoms with Crippen LogP contribution in [0.4, 0.5) is 0 Å². The summed E-state index contributed by atoms with van der Waals surface area (Å²) in [7, 11) is 0. The van der Waals surface area contributed by atoms with E-state index in [1.54, 1.807) is 19.1 Å². The fourth-order valence-electron chi connectivity index (χ4n) is 8.77. The molecule has 0 saturated heterocycles. The number of carbonyl (C=O) groups is 2. The van der Waals surface area contributed by atoms with Crippen molar-refractivity contribution in [2.24, 2.45) is 34.5 Å². The molecule has 6 nitrogen and oxygen atoms in total. The van der Waals surface area contributed by atoms with Crippen LogP contribution >= 0.6 is 0 Å². The zero-order valence-corrected chi connectivity index (χ0v) is 26.7. The Morgan fingerprint density at radius 3 is 2.31 bits per heavy atom. The van der Waals surface area contributed by atoms with Gasteiger partial charge in [0, 0.05) is 12.3 Å². The van der Waals surface area contributed by atoms with Crippen molar-refractivity contribution in [2.75, 3.05) is 6.61 Å².